The van der Waals surface area contributed by atoms with E-state index in [0.29, 0.717) is 29.5 Å². The summed E-state index contributed by atoms with van der Waals surface area (Å²) in [5.74, 6) is -0.743. The lowest BCUT2D eigenvalue weighted by molar-refractivity contribution is -0.142. The van der Waals surface area contributed by atoms with Gasteiger partial charge in [0, 0.05) is 24.4 Å². The van der Waals surface area contributed by atoms with Crippen LogP contribution >= 0.6 is 11.3 Å². The number of anilines is 1. The predicted molar refractivity (Wildman–Crippen MR) is 94.4 cm³/mol. The normalized spacial score (nSPS) is 10.2. The highest BCUT2D eigenvalue weighted by Gasteiger charge is 2.11. The van der Waals surface area contributed by atoms with Crippen LogP contribution in [0.1, 0.15) is 35.5 Å². The molecule has 0 saturated carbocycles. The van der Waals surface area contributed by atoms with Gasteiger partial charge in [-0.15, -0.1) is 11.3 Å². The first-order chi connectivity index (χ1) is 12.0. The largest absolute Gasteiger partial charge is 0.466 e. The second-order valence-electron chi connectivity index (χ2n) is 5.19. The standard InChI is InChI=1S/C17H19N3O4S/c1-3-24-15(22)8-14-10-25-17(19-14)20-16(23)13-6-4-12(5-7-13)9-18-11(2)21/h4-7,10H,3,8-9H2,1-2H3,(H,18,21)(H,19,20,23). The summed E-state index contributed by atoms with van der Waals surface area (Å²) in [5.41, 5.74) is 1.94. The Morgan fingerprint density at radius 2 is 1.92 bits per heavy atom. The van der Waals surface area contributed by atoms with Crippen LogP contribution < -0.4 is 10.6 Å². The van der Waals surface area contributed by atoms with Gasteiger partial charge in [-0.1, -0.05) is 12.1 Å². The first kappa shape index (κ1) is 18.6. The zero-order valence-electron chi connectivity index (χ0n) is 14.0. The van der Waals surface area contributed by atoms with Gasteiger partial charge >= 0.3 is 5.97 Å². The van der Waals surface area contributed by atoms with Crippen LogP contribution in [0.15, 0.2) is 29.6 Å². The van der Waals surface area contributed by atoms with Crippen molar-refractivity contribution in [2.45, 2.75) is 26.8 Å². The average molecular weight is 361 g/mol. The van der Waals surface area contributed by atoms with Crippen LogP contribution in [0.2, 0.25) is 0 Å². The molecule has 2 aromatic rings. The number of carbonyl (C=O) groups excluding carboxylic acids is 3. The number of ether oxygens (including phenoxy) is 1. The summed E-state index contributed by atoms with van der Waals surface area (Å²) in [6.45, 7) is 3.93. The van der Waals surface area contributed by atoms with Gasteiger partial charge in [-0.25, -0.2) is 4.98 Å². The molecular weight excluding hydrogens is 342 g/mol. The SMILES string of the molecule is CCOC(=O)Cc1csc(NC(=O)c2ccc(CNC(C)=O)cc2)n1. The molecule has 0 aliphatic heterocycles. The number of benzene rings is 1. The summed E-state index contributed by atoms with van der Waals surface area (Å²) in [6, 6.07) is 6.91. The highest BCUT2D eigenvalue weighted by molar-refractivity contribution is 7.14. The molecule has 8 heteroatoms. The van der Waals surface area contributed by atoms with E-state index < -0.39 is 0 Å². The minimum atomic E-state index is -0.347. The molecule has 0 bridgehead atoms. The Labute approximate surface area is 149 Å². The fraction of sp³-hybridized carbons (Fsp3) is 0.294. The second kappa shape index (κ2) is 8.93. The van der Waals surface area contributed by atoms with Crippen LogP contribution in [-0.2, 0) is 27.3 Å². The second-order valence-corrected chi connectivity index (χ2v) is 6.04. The minimum Gasteiger partial charge on any atom is -0.466 e. The molecule has 0 spiro atoms. The van der Waals surface area contributed by atoms with Gasteiger partial charge in [-0.05, 0) is 24.6 Å². The highest BCUT2D eigenvalue weighted by atomic mass is 32.1. The fourth-order valence-corrected chi connectivity index (χ4v) is 2.68. The van der Waals surface area contributed by atoms with Crippen molar-refractivity contribution < 1.29 is 19.1 Å². The molecule has 0 fully saturated rings. The quantitative estimate of drug-likeness (QED) is 0.737. The molecule has 2 rings (SSSR count). The Morgan fingerprint density at radius 3 is 2.56 bits per heavy atom. The van der Waals surface area contributed by atoms with Gasteiger partial charge in [-0.2, -0.15) is 0 Å². The van der Waals surface area contributed by atoms with Crippen molar-refractivity contribution in [3.63, 3.8) is 0 Å². The number of rotatable bonds is 7. The van der Waals surface area contributed by atoms with Gasteiger partial charge in [0.1, 0.15) is 0 Å². The molecule has 2 N–H and O–H groups in total. The lowest BCUT2D eigenvalue weighted by Gasteiger charge is -2.05. The third kappa shape index (κ3) is 6.00. The zero-order valence-corrected chi connectivity index (χ0v) is 14.8. The maximum Gasteiger partial charge on any atom is 0.311 e. The molecule has 0 atom stereocenters. The van der Waals surface area contributed by atoms with Crippen molar-refractivity contribution in [3.8, 4) is 0 Å². The molecule has 1 aromatic heterocycles. The van der Waals surface area contributed by atoms with Crippen molar-refractivity contribution in [1.82, 2.24) is 10.3 Å². The smallest absolute Gasteiger partial charge is 0.311 e. The van der Waals surface area contributed by atoms with Crippen LogP contribution in [0.5, 0.6) is 0 Å². The topological polar surface area (TPSA) is 97.4 Å². The Balaban J connectivity index is 1.92. The van der Waals surface area contributed by atoms with E-state index in [2.05, 4.69) is 15.6 Å². The number of hydrogen-bond acceptors (Lipinski definition) is 6. The van der Waals surface area contributed by atoms with E-state index in [0.717, 1.165) is 5.56 Å². The van der Waals surface area contributed by atoms with Gasteiger partial charge in [0.05, 0.1) is 18.7 Å². The maximum atomic E-state index is 12.2. The van der Waals surface area contributed by atoms with E-state index >= 15 is 0 Å². The first-order valence-corrected chi connectivity index (χ1v) is 8.60. The Bertz CT molecular complexity index is 756. The molecule has 132 valence electrons. The number of esters is 1. The summed E-state index contributed by atoms with van der Waals surface area (Å²) >= 11 is 1.25. The van der Waals surface area contributed by atoms with E-state index in [1.165, 1.54) is 18.3 Å². The van der Waals surface area contributed by atoms with Crippen LogP contribution in [0.4, 0.5) is 5.13 Å². The number of thiazole rings is 1. The number of nitrogens with one attached hydrogen (secondary N) is 2. The molecule has 0 saturated heterocycles. The number of carbonyl (C=O) groups is 3. The van der Waals surface area contributed by atoms with Gasteiger partial charge < -0.3 is 10.1 Å². The lowest BCUT2D eigenvalue weighted by atomic mass is 10.1. The molecule has 7 nitrogen and oxygen atoms in total. The predicted octanol–water partition coefficient (Wildman–Crippen LogP) is 2.14. The minimum absolute atomic E-state index is 0.0814. The number of aromatic nitrogens is 1. The third-order valence-corrected chi connectivity index (χ3v) is 3.97. The van der Waals surface area contributed by atoms with Crippen molar-refractivity contribution in [3.05, 3.63) is 46.5 Å². The highest BCUT2D eigenvalue weighted by Crippen LogP contribution is 2.17. The molecule has 1 aromatic carbocycles. The Hall–Kier alpha value is -2.74. The van der Waals surface area contributed by atoms with E-state index in [9.17, 15) is 14.4 Å². The third-order valence-electron chi connectivity index (χ3n) is 3.16. The van der Waals surface area contributed by atoms with Crippen LogP contribution in [-0.4, -0.2) is 29.4 Å². The van der Waals surface area contributed by atoms with Gasteiger partial charge in [0.25, 0.3) is 5.91 Å². The summed E-state index contributed by atoms with van der Waals surface area (Å²) in [7, 11) is 0. The molecule has 0 aliphatic rings. The summed E-state index contributed by atoms with van der Waals surface area (Å²) in [6.07, 6.45) is 0.0814. The molecule has 1 heterocycles. The molecule has 0 unspecified atom stereocenters. The zero-order chi connectivity index (χ0) is 18.2. The van der Waals surface area contributed by atoms with Gasteiger partial charge in [0.2, 0.25) is 5.91 Å². The van der Waals surface area contributed by atoms with E-state index in [1.807, 2.05) is 0 Å². The van der Waals surface area contributed by atoms with Crippen molar-refractivity contribution in [2.24, 2.45) is 0 Å². The Kier molecular flexibility index (Phi) is 6.64. The number of nitrogens with zero attached hydrogens (tertiary/aromatic N) is 1. The monoisotopic (exact) mass is 361 g/mol. The Morgan fingerprint density at radius 1 is 1.20 bits per heavy atom. The summed E-state index contributed by atoms with van der Waals surface area (Å²) in [4.78, 5) is 38.7. The van der Waals surface area contributed by atoms with Crippen LogP contribution in [0.25, 0.3) is 0 Å². The maximum absolute atomic E-state index is 12.2. The van der Waals surface area contributed by atoms with Crippen molar-refractivity contribution in [1.29, 1.82) is 0 Å². The molecule has 0 aliphatic carbocycles. The summed E-state index contributed by atoms with van der Waals surface area (Å²) in [5, 5.41) is 7.53. The van der Waals surface area contributed by atoms with Crippen molar-refractivity contribution >= 4 is 34.3 Å². The van der Waals surface area contributed by atoms with Crippen molar-refractivity contribution in [2.75, 3.05) is 11.9 Å². The van der Waals surface area contributed by atoms with Crippen LogP contribution in [0, 0.1) is 0 Å². The molecule has 25 heavy (non-hydrogen) atoms. The van der Waals surface area contributed by atoms with Crippen LogP contribution in [0.3, 0.4) is 0 Å². The van der Waals surface area contributed by atoms with Gasteiger partial charge in [-0.3, -0.25) is 19.7 Å². The molecule has 0 radical (unpaired) electrons. The fourth-order valence-electron chi connectivity index (χ4n) is 1.98. The average Bonchev–Trinajstić information content (AvgIpc) is 3.00. The molecular formula is C17H19N3O4S. The van der Waals surface area contributed by atoms with Gasteiger partial charge in [0.15, 0.2) is 5.13 Å². The number of hydrogen-bond donors (Lipinski definition) is 2. The van der Waals surface area contributed by atoms with E-state index in [1.54, 1.807) is 36.6 Å². The molecule has 2 amide bonds. The summed E-state index contributed by atoms with van der Waals surface area (Å²) < 4.78 is 4.86. The number of amides is 2. The first-order valence-electron chi connectivity index (χ1n) is 7.72. The van der Waals surface area contributed by atoms with E-state index in [4.69, 9.17) is 4.74 Å². The lowest BCUT2D eigenvalue weighted by Crippen LogP contribution is -2.19. The van der Waals surface area contributed by atoms with E-state index in [-0.39, 0.29) is 24.2 Å².